The molecule has 0 fully saturated rings. The van der Waals surface area contributed by atoms with Crippen molar-refractivity contribution in [3.05, 3.63) is 71.2 Å². The molecule has 138 valence electrons. The van der Waals surface area contributed by atoms with Crippen molar-refractivity contribution in [1.82, 2.24) is 4.90 Å². The Morgan fingerprint density at radius 1 is 1.19 bits per heavy atom. The Balaban J connectivity index is 1.82. The van der Waals surface area contributed by atoms with Crippen molar-refractivity contribution in [3.63, 3.8) is 0 Å². The summed E-state index contributed by atoms with van der Waals surface area (Å²) in [5.41, 5.74) is 6.88. The maximum Gasteiger partial charge on any atom is 0.251 e. The largest absolute Gasteiger partial charge is 0.366 e. The lowest BCUT2D eigenvalue weighted by molar-refractivity contribution is -0.129. The Bertz CT molecular complexity index is 955. The average molecular weight is 367 g/mol. The van der Waals surface area contributed by atoms with Crippen LogP contribution in [0.3, 0.4) is 0 Å². The van der Waals surface area contributed by atoms with E-state index in [9.17, 15) is 18.8 Å². The molecule has 0 bridgehead atoms. The zero-order chi connectivity index (χ0) is 19.6. The molecule has 0 aliphatic carbocycles. The van der Waals surface area contributed by atoms with Crippen LogP contribution >= 0.6 is 0 Å². The molecule has 1 aliphatic rings. The SMILES string of the molecule is CC(=O)N1C=Cc2ccccc2[C@@H]1CC(=O)Nc1ccc(F)c(C(N)=O)c1. The molecule has 1 heterocycles. The summed E-state index contributed by atoms with van der Waals surface area (Å²) in [6, 6.07) is 10.7. The van der Waals surface area contributed by atoms with Crippen molar-refractivity contribution in [1.29, 1.82) is 0 Å². The van der Waals surface area contributed by atoms with Crippen molar-refractivity contribution in [2.24, 2.45) is 5.73 Å². The van der Waals surface area contributed by atoms with E-state index in [1.165, 1.54) is 24.0 Å². The molecule has 1 atom stereocenters. The van der Waals surface area contributed by atoms with E-state index in [-0.39, 0.29) is 29.5 Å². The molecule has 2 aromatic carbocycles. The minimum absolute atomic E-state index is 0.00418. The van der Waals surface area contributed by atoms with Gasteiger partial charge in [0.2, 0.25) is 11.8 Å². The van der Waals surface area contributed by atoms with E-state index < -0.39 is 17.8 Å². The lowest BCUT2D eigenvalue weighted by atomic mass is 9.93. The van der Waals surface area contributed by atoms with Crippen LogP contribution in [0.2, 0.25) is 0 Å². The van der Waals surface area contributed by atoms with Crippen molar-refractivity contribution < 1.29 is 18.8 Å². The van der Waals surface area contributed by atoms with Gasteiger partial charge in [-0.2, -0.15) is 0 Å². The Hall–Kier alpha value is -3.48. The molecule has 0 unspecified atom stereocenters. The number of nitrogens with two attached hydrogens (primary N) is 1. The van der Waals surface area contributed by atoms with Gasteiger partial charge in [-0.3, -0.25) is 14.4 Å². The lowest BCUT2D eigenvalue weighted by Crippen LogP contribution is -2.33. The van der Waals surface area contributed by atoms with Crippen LogP contribution in [0.1, 0.15) is 40.9 Å². The fourth-order valence-corrected chi connectivity index (χ4v) is 3.09. The standard InChI is InChI=1S/C20H18FN3O3/c1-12(25)24-9-8-13-4-2-3-5-15(13)18(24)11-19(26)23-14-6-7-17(21)16(10-14)20(22)27/h2-10,18H,11H2,1H3,(H2,22,27)(H,23,26)/t18-/m0/s1. The van der Waals surface area contributed by atoms with E-state index in [4.69, 9.17) is 5.73 Å². The summed E-state index contributed by atoms with van der Waals surface area (Å²) in [6.07, 6.45) is 3.49. The van der Waals surface area contributed by atoms with Gasteiger partial charge in [-0.1, -0.05) is 24.3 Å². The molecule has 3 rings (SSSR count). The summed E-state index contributed by atoms with van der Waals surface area (Å²) in [7, 11) is 0. The summed E-state index contributed by atoms with van der Waals surface area (Å²) in [6.45, 7) is 1.43. The number of nitrogens with zero attached hydrogens (tertiary/aromatic N) is 1. The first kappa shape index (κ1) is 18.3. The number of halogens is 1. The third-order valence-corrected chi connectivity index (χ3v) is 4.36. The number of amides is 3. The monoisotopic (exact) mass is 367 g/mol. The first-order chi connectivity index (χ1) is 12.9. The smallest absolute Gasteiger partial charge is 0.251 e. The topological polar surface area (TPSA) is 92.5 Å². The van der Waals surface area contributed by atoms with Crippen molar-refractivity contribution in [3.8, 4) is 0 Å². The van der Waals surface area contributed by atoms with Gasteiger partial charge in [-0.15, -0.1) is 0 Å². The fraction of sp³-hybridized carbons (Fsp3) is 0.150. The van der Waals surface area contributed by atoms with Crippen LogP contribution < -0.4 is 11.1 Å². The highest BCUT2D eigenvalue weighted by molar-refractivity contribution is 5.97. The minimum atomic E-state index is -0.919. The van der Waals surface area contributed by atoms with Crippen LogP contribution in [-0.2, 0) is 9.59 Å². The van der Waals surface area contributed by atoms with E-state index in [1.807, 2.05) is 30.3 Å². The van der Waals surface area contributed by atoms with Crippen LogP contribution in [0.15, 0.2) is 48.7 Å². The van der Waals surface area contributed by atoms with Gasteiger partial charge in [-0.05, 0) is 35.4 Å². The normalized spacial score (nSPS) is 15.2. The van der Waals surface area contributed by atoms with Gasteiger partial charge in [0.25, 0.3) is 5.91 Å². The molecular formula is C20H18FN3O3. The predicted molar refractivity (Wildman–Crippen MR) is 98.9 cm³/mol. The second kappa shape index (κ2) is 7.41. The summed E-state index contributed by atoms with van der Waals surface area (Å²) >= 11 is 0. The first-order valence-electron chi connectivity index (χ1n) is 8.32. The lowest BCUT2D eigenvalue weighted by Gasteiger charge is -2.32. The van der Waals surface area contributed by atoms with Gasteiger partial charge in [0, 0.05) is 18.8 Å². The third kappa shape index (κ3) is 3.87. The highest BCUT2D eigenvalue weighted by Crippen LogP contribution is 2.33. The summed E-state index contributed by atoms with van der Waals surface area (Å²) in [5.74, 6) is -2.23. The Labute approximate surface area is 155 Å². The summed E-state index contributed by atoms with van der Waals surface area (Å²) in [5, 5.41) is 2.63. The molecular weight excluding hydrogens is 349 g/mol. The Kier molecular flexibility index (Phi) is 5.03. The van der Waals surface area contributed by atoms with Crippen molar-refractivity contribution in [2.75, 3.05) is 5.32 Å². The van der Waals surface area contributed by atoms with Crippen LogP contribution in [0.4, 0.5) is 10.1 Å². The molecule has 27 heavy (non-hydrogen) atoms. The molecule has 7 heteroatoms. The first-order valence-corrected chi connectivity index (χ1v) is 8.32. The highest BCUT2D eigenvalue weighted by Gasteiger charge is 2.28. The number of rotatable bonds is 4. The number of fused-ring (bicyclic) bond motifs is 1. The molecule has 0 aromatic heterocycles. The molecule has 0 saturated carbocycles. The molecule has 0 saturated heterocycles. The van der Waals surface area contributed by atoms with Crippen LogP contribution in [-0.4, -0.2) is 22.6 Å². The molecule has 1 aliphatic heterocycles. The minimum Gasteiger partial charge on any atom is -0.366 e. The van der Waals surface area contributed by atoms with Gasteiger partial charge in [-0.25, -0.2) is 4.39 Å². The number of hydrogen-bond donors (Lipinski definition) is 2. The predicted octanol–water partition coefficient (Wildman–Crippen LogP) is 2.83. The molecule has 3 amide bonds. The van der Waals surface area contributed by atoms with E-state index in [1.54, 1.807) is 6.20 Å². The highest BCUT2D eigenvalue weighted by atomic mass is 19.1. The number of hydrogen-bond acceptors (Lipinski definition) is 3. The Morgan fingerprint density at radius 2 is 1.93 bits per heavy atom. The van der Waals surface area contributed by atoms with E-state index in [2.05, 4.69) is 5.32 Å². The van der Waals surface area contributed by atoms with Gasteiger partial charge >= 0.3 is 0 Å². The van der Waals surface area contributed by atoms with Gasteiger partial charge in [0.05, 0.1) is 18.0 Å². The molecule has 2 aromatic rings. The van der Waals surface area contributed by atoms with Crippen LogP contribution in [0.5, 0.6) is 0 Å². The number of carbonyl (C=O) groups is 3. The summed E-state index contributed by atoms with van der Waals surface area (Å²) in [4.78, 5) is 37.3. The van der Waals surface area contributed by atoms with E-state index in [0.717, 1.165) is 17.2 Å². The van der Waals surface area contributed by atoms with Crippen molar-refractivity contribution in [2.45, 2.75) is 19.4 Å². The molecule has 6 nitrogen and oxygen atoms in total. The van der Waals surface area contributed by atoms with Gasteiger partial charge in [0.15, 0.2) is 0 Å². The third-order valence-electron chi connectivity index (χ3n) is 4.36. The maximum atomic E-state index is 13.6. The number of carbonyl (C=O) groups excluding carboxylic acids is 3. The number of nitrogens with one attached hydrogen (secondary N) is 1. The van der Waals surface area contributed by atoms with Crippen LogP contribution in [0, 0.1) is 5.82 Å². The molecule has 0 radical (unpaired) electrons. The average Bonchev–Trinajstić information content (AvgIpc) is 2.63. The van der Waals surface area contributed by atoms with Gasteiger partial charge in [0.1, 0.15) is 5.82 Å². The van der Waals surface area contributed by atoms with Gasteiger partial charge < -0.3 is 16.0 Å². The fourth-order valence-electron chi connectivity index (χ4n) is 3.09. The maximum absolute atomic E-state index is 13.6. The molecule has 3 N–H and O–H groups in total. The van der Waals surface area contributed by atoms with Crippen LogP contribution in [0.25, 0.3) is 6.08 Å². The van der Waals surface area contributed by atoms with Crippen molar-refractivity contribution >= 4 is 29.5 Å². The number of benzene rings is 2. The Morgan fingerprint density at radius 3 is 2.63 bits per heavy atom. The second-order valence-electron chi connectivity index (χ2n) is 6.20. The second-order valence-corrected chi connectivity index (χ2v) is 6.20. The number of primary amides is 1. The zero-order valence-electron chi connectivity index (χ0n) is 14.6. The quantitative estimate of drug-likeness (QED) is 0.870. The zero-order valence-corrected chi connectivity index (χ0v) is 14.6. The summed E-state index contributed by atoms with van der Waals surface area (Å²) < 4.78 is 13.6. The van der Waals surface area contributed by atoms with E-state index >= 15 is 0 Å². The molecule has 0 spiro atoms. The number of anilines is 1. The van der Waals surface area contributed by atoms with E-state index in [0.29, 0.717) is 0 Å².